The number of hydrogen-bond donors (Lipinski definition) is 0. The number of halogens is 1. The van der Waals surface area contributed by atoms with Crippen molar-refractivity contribution in [3.63, 3.8) is 0 Å². The lowest BCUT2D eigenvalue weighted by Crippen LogP contribution is -2.49. The Morgan fingerprint density at radius 1 is 0.931 bits per heavy atom. The van der Waals surface area contributed by atoms with Crippen LogP contribution in [0.2, 0.25) is 5.02 Å². The number of benzene rings is 2. The molecule has 1 fully saturated rings. The zero-order valence-electron chi connectivity index (χ0n) is 16.5. The first kappa shape index (κ1) is 19.6. The normalized spacial score (nSPS) is 15.9. The Balaban J connectivity index is 1.53. The minimum Gasteiger partial charge on any atom is -0.336 e. The maximum Gasteiger partial charge on any atom is 0.255 e. The fourth-order valence-corrected chi connectivity index (χ4v) is 4.16. The summed E-state index contributed by atoms with van der Waals surface area (Å²) in [6.07, 6.45) is 3.42. The average molecular weight is 406 g/mol. The van der Waals surface area contributed by atoms with Crippen molar-refractivity contribution >= 4 is 17.5 Å². The van der Waals surface area contributed by atoms with Crippen LogP contribution in [0, 0.1) is 6.92 Å². The van der Waals surface area contributed by atoms with Crippen LogP contribution < -0.4 is 0 Å². The Labute approximate surface area is 176 Å². The van der Waals surface area contributed by atoms with Crippen molar-refractivity contribution in [3.05, 3.63) is 100 Å². The van der Waals surface area contributed by atoms with E-state index in [0.29, 0.717) is 18.7 Å². The first-order valence-corrected chi connectivity index (χ1v) is 10.2. The summed E-state index contributed by atoms with van der Waals surface area (Å²) in [5.74, 6) is 0.0554. The van der Waals surface area contributed by atoms with Gasteiger partial charge in [0.05, 0.1) is 11.6 Å². The van der Waals surface area contributed by atoms with Crippen LogP contribution in [-0.2, 0) is 0 Å². The molecular formula is C24H24ClN3O. The molecule has 4 nitrogen and oxygen atoms in total. The summed E-state index contributed by atoms with van der Waals surface area (Å²) < 4.78 is 0. The number of aryl methyl sites for hydroxylation is 1. The van der Waals surface area contributed by atoms with E-state index in [4.69, 9.17) is 11.6 Å². The summed E-state index contributed by atoms with van der Waals surface area (Å²) in [7, 11) is 0. The van der Waals surface area contributed by atoms with Crippen LogP contribution in [0.15, 0.2) is 73.1 Å². The standard InChI is InChI=1S/C24H24ClN3O/c1-18-14-21(17-26-16-18)24(29)28-12-10-27(11-13-28)23(19-6-3-2-4-7-19)20-8-5-9-22(25)15-20/h2-9,14-17,23H,10-13H2,1H3. The maximum atomic E-state index is 12.9. The van der Waals surface area contributed by atoms with Crippen molar-refractivity contribution in [2.24, 2.45) is 0 Å². The molecular weight excluding hydrogens is 382 g/mol. The minimum absolute atomic E-state index is 0.0554. The summed E-state index contributed by atoms with van der Waals surface area (Å²) in [5, 5.41) is 0.740. The van der Waals surface area contributed by atoms with Gasteiger partial charge in [0.15, 0.2) is 0 Å². The van der Waals surface area contributed by atoms with E-state index < -0.39 is 0 Å². The zero-order chi connectivity index (χ0) is 20.2. The molecule has 2 aromatic carbocycles. The van der Waals surface area contributed by atoms with Crippen LogP contribution in [0.25, 0.3) is 0 Å². The predicted octanol–water partition coefficient (Wildman–Crippen LogP) is 4.59. The first-order valence-electron chi connectivity index (χ1n) is 9.87. The third kappa shape index (κ3) is 4.50. The second kappa shape index (κ2) is 8.76. The van der Waals surface area contributed by atoms with Crippen molar-refractivity contribution in [3.8, 4) is 0 Å². The molecule has 0 N–H and O–H groups in total. The Bertz CT molecular complexity index is 984. The largest absolute Gasteiger partial charge is 0.336 e. The van der Waals surface area contributed by atoms with Crippen LogP contribution in [0.4, 0.5) is 0 Å². The van der Waals surface area contributed by atoms with Gasteiger partial charge in [-0.05, 0) is 41.8 Å². The SMILES string of the molecule is Cc1cncc(C(=O)N2CCN(C(c3ccccc3)c3cccc(Cl)c3)CC2)c1. The highest BCUT2D eigenvalue weighted by atomic mass is 35.5. The van der Waals surface area contributed by atoms with Crippen molar-refractivity contribution < 1.29 is 4.79 Å². The van der Waals surface area contributed by atoms with E-state index in [-0.39, 0.29) is 11.9 Å². The number of aromatic nitrogens is 1. The van der Waals surface area contributed by atoms with E-state index in [1.165, 1.54) is 11.1 Å². The van der Waals surface area contributed by atoms with Crippen molar-refractivity contribution in [1.82, 2.24) is 14.8 Å². The molecule has 0 bridgehead atoms. The van der Waals surface area contributed by atoms with E-state index in [0.717, 1.165) is 23.7 Å². The molecule has 0 saturated carbocycles. The van der Waals surface area contributed by atoms with Crippen molar-refractivity contribution in [2.45, 2.75) is 13.0 Å². The number of rotatable bonds is 4. The molecule has 0 radical (unpaired) electrons. The van der Waals surface area contributed by atoms with E-state index in [1.807, 2.05) is 42.2 Å². The van der Waals surface area contributed by atoms with Crippen molar-refractivity contribution in [2.75, 3.05) is 26.2 Å². The van der Waals surface area contributed by atoms with Gasteiger partial charge in [0.25, 0.3) is 5.91 Å². The number of amides is 1. The molecule has 1 aromatic heterocycles. The van der Waals surface area contributed by atoms with Crippen LogP contribution >= 0.6 is 11.6 Å². The lowest BCUT2D eigenvalue weighted by atomic mass is 9.96. The monoisotopic (exact) mass is 405 g/mol. The van der Waals surface area contributed by atoms with Gasteiger partial charge in [0, 0.05) is 43.6 Å². The fourth-order valence-electron chi connectivity index (χ4n) is 3.96. The fraction of sp³-hybridized carbons (Fsp3) is 0.250. The molecule has 1 saturated heterocycles. The highest BCUT2D eigenvalue weighted by Crippen LogP contribution is 2.31. The molecule has 1 aliphatic heterocycles. The Morgan fingerprint density at radius 3 is 2.34 bits per heavy atom. The topological polar surface area (TPSA) is 36.4 Å². The predicted molar refractivity (Wildman–Crippen MR) is 116 cm³/mol. The highest BCUT2D eigenvalue weighted by molar-refractivity contribution is 6.30. The van der Waals surface area contributed by atoms with Crippen molar-refractivity contribution in [1.29, 1.82) is 0 Å². The summed E-state index contributed by atoms with van der Waals surface area (Å²) in [5.41, 5.74) is 4.07. The molecule has 5 heteroatoms. The molecule has 3 aromatic rings. The Morgan fingerprint density at radius 2 is 1.66 bits per heavy atom. The smallest absolute Gasteiger partial charge is 0.255 e. The third-order valence-corrected chi connectivity index (χ3v) is 5.60. The van der Waals surface area contributed by atoms with Crippen LogP contribution in [-0.4, -0.2) is 46.9 Å². The molecule has 2 heterocycles. The van der Waals surface area contributed by atoms with Gasteiger partial charge in [-0.2, -0.15) is 0 Å². The quantitative estimate of drug-likeness (QED) is 0.637. The highest BCUT2D eigenvalue weighted by Gasteiger charge is 2.28. The average Bonchev–Trinajstić information content (AvgIpc) is 2.75. The van der Waals surface area contributed by atoms with Gasteiger partial charge >= 0.3 is 0 Å². The van der Waals surface area contributed by atoms with Crippen LogP contribution in [0.5, 0.6) is 0 Å². The molecule has 0 aliphatic carbocycles. The number of piperazine rings is 1. The lowest BCUT2D eigenvalue weighted by Gasteiger charge is -2.39. The second-order valence-corrected chi connectivity index (χ2v) is 7.88. The van der Waals surface area contributed by atoms with Crippen LogP contribution in [0.3, 0.4) is 0 Å². The molecule has 1 unspecified atom stereocenters. The van der Waals surface area contributed by atoms with Gasteiger partial charge in [-0.25, -0.2) is 0 Å². The van der Waals surface area contributed by atoms with Gasteiger partial charge in [-0.15, -0.1) is 0 Å². The first-order chi connectivity index (χ1) is 14.1. The summed E-state index contributed by atoms with van der Waals surface area (Å²) in [6.45, 7) is 4.94. The lowest BCUT2D eigenvalue weighted by molar-refractivity contribution is 0.0597. The number of pyridine rings is 1. The Kier molecular flexibility index (Phi) is 5.93. The minimum atomic E-state index is 0.0554. The third-order valence-electron chi connectivity index (χ3n) is 5.37. The molecule has 29 heavy (non-hydrogen) atoms. The second-order valence-electron chi connectivity index (χ2n) is 7.45. The summed E-state index contributed by atoms with van der Waals surface area (Å²) in [6, 6.07) is 20.6. The molecule has 4 rings (SSSR count). The van der Waals surface area contributed by atoms with Gasteiger partial charge in [0.2, 0.25) is 0 Å². The molecule has 1 aliphatic rings. The number of hydrogen-bond acceptors (Lipinski definition) is 3. The van der Waals surface area contributed by atoms with Crippen LogP contribution in [0.1, 0.15) is 33.1 Å². The Hall–Kier alpha value is -2.69. The maximum absolute atomic E-state index is 12.9. The molecule has 1 amide bonds. The van der Waals surface area contributed by atoms with E-state index in [9.17, 15) is 4.79 Å². The summed E-state index contributed by atoms with van der Waals surface area (Å²) in [4.78, 5) is 21.4. The van der Waals surface area contributed by atoms with E-state index in [1.54, 1.807) is 12.4 Å². The van der Waals surface area contributed by atoms with E-state index in [2.05, 4.69) is 40.2 Å². The molecule has 0 spiro atoms. The van der Waals surface area contributed by atoms with Gasteiger partial charge in [-0.1, -0.05) is 54.1 Å². The molecule has 148 valence electrons. The number of carbonyl (C=O) groups excluding carboxylic acids is 1. The molecule has 1 atom stereocenters. The zero-order valence-corrected chi connectivity index (χ0v) is 17.2. The van der Waals surface area contributed by atoms with E-state index >= 15 is 0 Å². The number of carbonyl (C=O) groups is 1. The van der Waals surface area contributed by atoms with Gasteiger partial charge in [-0.3, -0.25) is 14.7 Å². The summed E-state index contributed by atoms with van der Waals surface area (Å²) >= 11 is 6.28. The number of nitrogens with zero attached hydrogens (tertiary/aromatic N) is 3. The van der Waals surface area contributed by atoms with Gasteiger partial charge in [0.1, 0.15) is 0 Å². The van der Waals surface area contributed by atoms with Gasteiger partial charge < -0.3 is 4.90 Å².